The Hall–Kier alpha value is -1.29. The van der Waals surface area contributed by atoms with Gasteiger partial charge >= 0.3 is 5.97 Å². The molecule has 2 fully saturated rings. The number of likely N-dealkylation sites (tertiary alicyclic amines) is 1. The molecule has 27 heavy (non-hydrogen) atoms. The molecule has 5 atom stereocenters. The van der Waals surface area contributed by atoms with Crippen LogP contribution in [0.2, 0.25) is 0 Å². The van der Waals surface area contributed by atoms with Crippen LogP contribution in [-0.4, -0.2) is 42.7 Å². The van der Waals surface area contributed by atoms with Crippen molar-refractivity contribution < 1.29 is 14.6 Å². The number of carboxylic acid groups (broad SMARTS) is 1. The van der Waals surface area contributed by atoms with Crippen molar-refractivity contribution in [1.29, 1.82) is 0 Å². The maximum Gasteiger partial charge on any atom is 0.307 e. The molecule has 2 spiro atoms. The summed E-state index contributed by atoms with van der Waals surface area (Å²) in [6, 6.07) is 0. The molecule has 1 saturated carbocycles. The van der Waals surface area contributed by atoms with Crippen LogP contribution in [0.4, 0.5) is 0 Å². The third-order valence-electron chi connectivity index (χ3n) is 8.73. The van der Waals surface area contributed by atoms with Crippen LogP contribution in [0, 0.1) is 34.5 Å². The van der Waals surface area contributed by atoms with Gasteiger partial charge in [0.25, 0.3) is 0 Å². The molecule has 1 saturated heterocycles. The average Bonchev–Trinajstić information content (AvgIpc) is 3.16. The van der Waals surface area contributed by atoms with E-state index >= 15 is 0 Å². The predicted molar refractivity (Wildman–Crippen MR) is 104 cm³/mol. The Morgan fingerprint density at radius 3 is 2.78 bits per heavy atom. The molecule has 148 valence electrons. The van der Waals surface area contributed by atoms with E-state index in [0.717, 1.165) is 51.1 Å². The standard InChI is InChI=1S/C23H33NO3/c1-14(2)19-8-9-22(13-27-19)16-6-4-15-5-7-17-18(21(25)26)10-23(22,20(15)17)12-24(3)11-16/h8,14,16-18H,4-7,9-13H2,1-3H3,(H,25,26)/t16-,17?,18-,22+,23-/m1/s1. The fraction of sp³-hybridized carbons (Fsp3) is 0.783. The second-order valence-electron chi connectivity index (χ2n) is 10.2. The van der Waals surface area contributed by atoms with E-state index in [4.69, 9.17) is 4.74 Å². The van der Waals surface area contributed by atoms with Crippen molar-refractivity contribution in [2.24, 2.45) is 34.5 Å². The van der Waals surface area contributed by atoms with Crippen molar-refractivity contribution in [1.82, 2.24) is 4.90 Å². The van der Waals surface area contributed by atoms with Crippen LogP contribution >= 0.6 is 0 Å². The molecule has 5 aliphatic rings. The lowest BCUT2D eigenvalue weighted by Crippen LogP contribution is -2.61. The number of piperidine rings is 1. The van der Waals surface area contributed by atoms with Gasteiger partial charge in [-0.2, -0.15) is 0 Å². The summed E-state index contributed by atoms with van der Waals surface area (Å²) in [6.07, 6.45) is 8.85. The molecule has 2 heterocycles. The highest BCUT2D eigenvalue weighted by Gasteiger charge is 2.68. The minimum absolute atomic E-state index is 0.000265. The Morgan fingerprint density at radius 2 is 2.11 bits per heavy atom. The monoisotopic (exact) mass is 371 g/mol. The van der Waals surface area contributed by atoms with Gasteiger partial charge in [0.15, 0.2) is 0 Å². The van der Waals surface area contributed by atoms with Gasteiger partial charge in [0.1, 0.15) is 0 Å². The Kier molecular flexibility index (Phi) is 3.86. The molecule has 1 N–H and O–H groups in total. The van der Waals surface area contributed by atoms with Gasteiger partial charge in [-0.25, -0.2) is 0 Å². The van der Waals surface area contributed by atoms with E-state index in [2.05, 4.69) is 31.9 Å². The minimum atomic E-state index is -0.578. The normalized spacial score (nSPS) is 43.6. The minimum Gasteiger partial charge on any atom is -0.497 e. The van der Waals surface area contributed by atoms with Gasteiger partial charge in [0.2, 0.25) is 0 Å². The summed E-state index contributed by atoms with van der Waals surface area (Å²) in [4.78, 5) is 14.7. The summed E-state index contributed by atoms with van der Waals surface area (Å²) >= 11 is 0. The van der Waals surface area contributed by atoms with Crippen LogP contribution in [0.1, 0.15) is 52.4 Å². The molecule has 1 unspecified atom stereocenters. The number of allylic oxidation sites excluding steroid dienone is 3. The SMILES string of the molecule is CC(C)C1=CC[C@]2(CO1)[C@@H]1CCC3=C4C(CC3)[C@H](C(=O)O)C[C@@]42CN(C)C1. The molecule has 2 bridgehead atoms. The summed E-state index contributed by atoms with van der Waals surface area (Å²) in [6.45, 7) is 7.32. The number of ether oxygens (including phenoxy) is 1. The zero-order valence-corrected chi connectivity index (χ0v) is 17.0. The quantitative estimate of drug-likeness (QED) is 0.743. The molecule has 4 heteroatoms. The van der Waals surface area contributed by atoms with Gasteiger partial charge in [-0.3, -0.25) is 4.79 Å². The van der Waals surface area contributed by atoms with Crippen molar-refractivity contribution in [2.75, 3.05) is 26.7 Å². The number of rotatable bonds is 2. The molecular weight excluding hydrogens is 338 g/mol. The number of hydrogen-bond acceptors (Lipinski definition) is 3. The van der Waals surface area contributed by atoms with Gasteiger partial charge in [-0.05, 0) is 63.5 Å². The van der Waals surface area contributed by atoms with E-state index in [1.54, 1.807) is 11.1 Å². The molecule has 0 radical (unpaired) electrons. The fourth-order valence-electron chi connectivity index (χ4n) is 7.71. The smallest absolute Gasteiger partial charge is 0.307 e. The number of carbonyl (C=O) groups is 1. The van der Waals surface area contributed by atoms with E-state index < -0.39 is 5.97 Å². The number of hydrogen-bond donors (Lipinski definition) is 1. The summed E-state index contributed by atoms with van der Waals surface area (Å²) in [5.41, 5.74) is 3.29. The van der Waals surface area contributed by atoms with Gasteiger partial charge in [-0.1, -0.05) is 25.0 Å². The van der Waals surface area contributed by atoms with Crippen LogP contribution < -0.4 is 0 Å². The lowest BCUT2D eigenvalue weighted by Gasteiger charge is -2.59. The zero-order valence-electron chi connectivity index (χ0n) is 17.0. The van der Waals surface area contributed by atoms with E-state index in [-0.39, 0.29) is 22.7 Å². The highest BCUT2D eigenvalue weighted by molar-refractivity contribution is 5.73. The molecule has 0 aromatic carbocycles. The first kappa shape index (κ1) is 17.8. The first-order chi connectivity index (χ1) is 12.9. The van der Waals surface area contributed by atoms with Gasteiger partial charge in [-0.15, -0.1) is 0 Å². The summed E-state index contributed by atoms with van der Waals surface area (Å²) in [5, 5.41) is 10.0. The van der Waals surface area contributed by atoms with Crippen LogP contribution in [-0.2, 0) is 9.53 Å². The molecular formula is C23H33NO3. The maximum absolute atomic E-state index is 12.2. The van der Waals surface area contributed by atoms with Crippen molar-refractivity contribution in [2.45, 2.75) is 52.4 Å². The Balaban J connectivity index is 1.67. The zero-order chi connectivity index (χ0) is 19.0. The summed E-state index contributed by atoms with van der Waals surface area (Å²) < 4.78 is 6.42. The Bertz CT molecular complexity index is 738. The van der Waals surface area contributed by atoms with Crippen LogP contribution in [0.15, 0.2) is 23.0 Å². The molecule has 4 nitrogen and oxygen atoms in total. The maximum atomic E-state index is 12.2. The van der Waals surface area contributed by atoms with Crippen molar-refractivity contribution in [3.63, 3.8) is 0 Å². The highest BCUT2D eigenvalue weighted by atomic mass is 16.5. The molecule has 2 aliphatic heterocycles. The predicted octanol–water partition coefficient (Wildman–Crippen LogP) is 4.09. The lowest BCUT2D eigenvalue weighted by molar-refractivity contribution is -0.146. The number of nitrogens with zero attached hydrogens (tertiary/aromatic N) is 1. The van der Waals surface area contributed by atoms with Crippen molar-refractivity contribution in [3.05, 3.63) is 23.0 Å². The molecule has 0 aromatic heterocycles. The summed E-state index contributed by atoms with van der Waals surface area (Å²) in [7, 11) is 2.24. The fourth-order valence-corrected chi connectivity index (χ4v) is 7.71. The highest BCUT2D eigenvalue weighted by Crippen LogP contribution is 2.71. The van der Waals surface area contributed by atoms with E-state index in [0.29, 0.717) is 11.8 Å². The summed E-state index contributed by atoms with van der Waals surface area (Å²) in [5.74, 6) is 1.66. The van der Waals surface area contributed by atoms with Crippen LogP contribution in [0.5, 0.6) is 0 Å². The second-order valence-corrected chi connectivity index (χ2v) is 10.2. The lowest BCUT2D eigenvalue weighted by atomic mass is 9.51. The average molecular weight is 372 g/mol. The largest absolute Gasteiger partial charge is 0.497 e. The van der Waals surface area contributed by atoms with Crippen LogP contribution in [0.3, 0.4) is 0 Å². The van der Waals surface area contributed by atoms with E-state index in [9.17, 15) is 9.90 Å². The molecule has 3 aliphatic carbocycles. The van der Waals surface area contributed by atoms with Gasteiger partial charge in [0.05, 0.1) is 18.3 Å². The molecule has 0 amide bonds. The van der Waals surface area contributed by atoms with Gasteiger partial charge < -0.3 is 14.7 Å². The van der Waals surface area contributed by atoms with E-state index in [1.165, 1.54) is 12.8 Å². The van der Waals surface area contributed by atoms with E-state index in [1.807, 2.05) is 0 Å². The third-order valence-corrected chi connectivity index (χ3v) is 8.73. The van der Waals surface area contributed by atoms with Crippen LogP contribution in [0.25, 0.3) is 0 Å². The first-order valence-electron chi connectivity index (χ1n) is 10.8. The molecule has 5 rings (SSSR count). The van der Waals surface area contributed by atoms with Crippen molar-refractivity contribution >= 4 is 5.97 Å². The number of aliphatic carboxylic acids is 1. The van der Waals surface area contributed by atoms with Gasteiger partial charge in [0, 0.05) is 29.8 Å². The second kappa shape index (κ2) is 5.85. The third kappa shape index (κ3) is 2.22. The Labute approximate surface area is 162 Å². The topological polar surface area (TPSA) is 49.8 Å². The first-order valence-corrected chi connectivity index (χ1v) is 10.8. The number of carboxylic acids is 1. The van der Waals surface area contributed by atoms with Crippen molar-refractivity contribution in [3.8, 4) is 0 Å². The Morgan fingerprint density at radius 1 is 1.33 bits per heavy atom. The molecule has 0 aromatic rings.